The van der Waals surface area contributed by atoms with E-state index in [1.165, 1.54) is 18.3 Å². The fourth-order valence-corrected chi connectivity index (χ4v) is 4.60. The predicted octanol–water partition coefficient (Wildman–Crippen LogP) is 5.09. The van der Waals surface area contributed by atoms with Crippen molar-refractivity contribution < 1.29 is 9.59 Å². The van der Waals surface area contributed by atoms with E-state index in [1.807, 2.05) is 17.5 Å². The summed E-state index contributed by atoms with van der Waals surface area (Å²) in [7, 11) is 0. The number of Topliss-reactive ketones (excluding diaryl/α,β-unsaturated/α-hetero) is 2. The molecule has 3 aromatic rings. The van der Waals surface area contributed by atoms with Crippen LogP contribution in [0.3, 0.4) is 0 Å². The molecule has 0 fully saturated rings. The molecule has 4 nitrogen and oxygen atoms in total. The molecule has 2 heterocycles. The van der Waals surface area contributed by atoms with Crippen LogP contribution in [0.4, 0.5) is 0 Å². The topological polar surface area (TPSA) is 59.9 Å². The van der Waals surface area contributed by atoms with E-state index in [0.717, 1.165) is 26.9 Å². The van der Waals surface area contributed by atoms with Gasteiger partial charge in [0, 0.05) is 28.4 Å². The number of thiazole rings is 2. The molecule has 0 saturated carbocycles. The number of hydrogen-bond acceptors (Lipinski definition) is 6. The fourth-order valence-electron chi connectivity index (χ4n) is 2.63. The van der Waals surface area contributed by atoms with Gasteiger partial charge in [0.05, 0.1) is 0 Å². The average Bonchev–Trinajstić information content (AvgIpc) is 3.24. The molecule has 0 unspecified atom stereocenters. The van der Waals surface area contributed by atoms with Crippen molar-refractivity contribution >= 4 is 34.2 Å². The number of ketones is 2. The highest BCUT2D eigenvalue weighted by Crippen LogP contribution is 2.31. The molecule has 0 aliphatic rings. The first-order valence-corrected chi connectivity index (χ1v) is 10.2. The molecule has 0 aliphatic heterocycles. The first-order chi connectivity index (χ1) is 12.4. The Kier molecular flexibility index (Phi) is 5.74. The standard InChI is InChI=1S/C20H20N2O2S2/c1-12(2)10-17-18(22-20(26-17)19-21-8-9-25-19)16(24)11-14-4-6-15(7-5-14)13(3)23/h4-9,12H,10-11H2,1-3H3. The highest BCUT2D eigenvalue weighted by molar-refractivity contribution is 7.20. The van der Waals surface area contributed by atoms with E-state index in [1.54, 1.807) is 29.7 Å². The lowest BCUT2D eigenvalue weighted by atomic mass is 10.0. The van der Waals surface area contributed by atoms with Crippen LogP contribution >= 0.6 is 22.7 Å². The number of carbonyl (C=O) groups excluding carboxylic acids is 2. The molecule has 0 N–H and O–H groups in total. The number of nitrogens with zero attached hydrogens (tertiary/aromatic N) is 2. The molecule has 0 bridgehead atoms. The number of aromatic nitrogens is 2. The Bertz CT molecular complexity index is 910. The van der Waals surface area contributed by atoms with Crippen molar-refractivity contribution in [3.05, 3.63) is 57.5 Å². The molecular formula is C20H20N2O2S2. The highest BCUT2D eigenvalue weighted by atomic mass is 32.1. The first-order valence-electron chi connectivity index (χ1n) is 8.46. The third-order valence-corrected chi connectivity index (χ3v) is 5.89. The highest BCUT2D eigenvalue weighted by Gasteiger charge is 2.21. The Morgan fingerprint density at radius 1 is 1.12 bits per heavy atom. The summed E-state index contributed by atoms with van der Waals surface area (Å²) < 4.78 is 0. The van der Waals surface area contributed by atoms with E-state index >= 15 is 0 Å². The first kappa shape index (κ1) is 18.6. The van der Waals surface area contributed by atoms with Crippen LogP contribution in [0.2, 0.25) is 0 Å². The maximum Gasteiger partial charge on any atom is 0.186 e. The Balaban J connectivity index is 1.86. The Morgan fingerprint density at radius 3 is 2.42 bits per heavy atom. The fraction of sp³-hybridized carbons (Fsp3) is 0.300. The summed E-state index contributed by atoms with van der Waals surface area (Å²) in [6.07, 6.45) is 2.86. The van der Waals surface area contributed by atoms with Gasteiger partial charge < -0.3 is 0 Å². The second-order valence-electron chi connectivity index (χ2n) is 6.58. The van der Waals surface area contributed by atoms with Crippen LogP contribution in [0.1, 0.15) is 52.1 Å². The van der Waals surface area contributed by atoms with Gasteiger partial charge in [0.15, 0.2) is 21.6 Å². The van der Waals surface area contributed by atoms with Crippen LogP contribution in [0.25, 0.3) is 10.0 Å². The second-order valence-corrected chi connectivity index (χ2v) is 8.56. The molecule has 0 aliphatic carbocycles. The molecule has 0 radical (unpaired) electrons. The summed E-state index contributed by atoms with van der Waals surface area (Å²) in [4.78, 5) is 34.2. The maximum absolute atomic E-state index is 12.9. The van der Waals surface area contributed by atoms with E-state index in [4.69, 9.17) is 0 Å². The van der Waals surface area contributed by atoms with Crippen molar-refractivity contribution in [2.45, 2.75) is 33.6 Å². The van der Waals surface area contributed by atoms with Crippen LogP contribution in [0, 0.1) is 5.92 Å². The van der Waals surface area contributed by atoms with E-state index in [9.17, 15) is 9.59 Å². The van der Waals surface area contributed by atoms with Crippen molar-refractivity contribution in [1.82, 2.24) is 9.97 Å². The molecule has 0 saturated heterocycles. The van der Waals surface area contributed by atoms with Gasteiger partial charge in [0.2, 0.25) is 0 Å². The molecule has 0 spiro atoms. The van der Waals surface area contributed by atoms with Crippen molar-refractivity contribution in [3.63, 3.8) is 0 Å². The zero-order valence-electron chi connectivity index (χ0n) is 15.0. The van der Waals surface area contributed by atoms with Gasteiger partial charge in [-0.05, 0) is 24.8 Å². The number of hydrogen-bond donors (Lipinski definition) is 0. The molecule has 1 aromatic carbocycles. The monoisotopic (exact) mass is 384 g/mol. The Morgan fingerprint density at radius 2 is 1.85 bits per heavy atom. The van der Waals surface area contributed by atoms with Crippen molar-refractivity contribution in [3.8, 4) is 10.0 Å². The van der Waals surface area contributed by atoms with Gasteiger partial charge in [0.25, 0.3) is 0 Å². The molecule has 6 heteroatoms. The summed E-state index contributed by atoms with van der Waals surface area (Å²) in [6, 6.07) is 7.21. The largest absolute Gasteiger partial charge is 0.295 e. The minimum absolute atomic E-state index is 0.00952. The summed E-state index contributed by atoms with van der Waals surface area (Å²) >= 11 is 3.09. The van der Waals surface area contributed by atoms with Crippen LogP contribution in [0.5, 0.6) is 0 Å². The van der Waals surface area contributed by atoms with Crippen LogP contribution in [-0.4, -0.2) is 21.5 Å². The maximum atomic E-state index is 12.9. The molecular weight excluding hydrogens is 364 g/mol. The number of rotatable bonds is 7. The quantitative estimate of drug-likeness (QED) is 0.532. The molecule has 134 valence electrons. The van der Waals surface area contributed by atoms with Gasteiger partial charge >= 0.3 is 0 Å². The van der Waals surface area contributed by atoms with Gasteiger partial charge in [-0.3, -0.25) is 9.59 Å². The lowest BCUT2D eigenvalue weighted by Gasteiger charge is -2.05. The van der Waals surface area contributed by atoms with Crippen molar-refractivity contribution in [2.24, 2.45) is 5.92 Å². The van der Waals surface area contributed by atoms with Gasteiger partial charge in [-0.1, -0.05) is 38.1 Å². The lowest BCUT2D eigenvalue weighted by Crippen LogP contribution is -2.08. The zero-order valence-corrected chi connectivity index (χ0v) is 16.6. The molecule has 2 aromatic heterocycles. The lowest BCUT2D eigenvalue weighted by molar-refractivity contribution is 0.0986. The molecule has 0 amide bonds. The second kappa shape index (κ2) is 8.01. The third kappa shape index (κ3) is 4.31. The Labute approximate surface area is 161 Å². The Hall–Kier alpha value is -2.18. The molecule has 3 rings (SSSR count). The molecule has 26 heavy (non-hydrogen) atoms. The van der Waals surface area contributed by atoms with Crippen LogP contribution in [-0.2, 0) is 12.8 Å². The van der Waals surface area contributed by atoms with Gasteiger partial charge in [-0.2, -0.15) is 0 Å². The summed E-state index contributed by atoms with van der Waals surface area (Å²) in [5.41, 5.74) is 2.10. The van der Waals surface area contributed by atoms with Crippen molar-refractivity contribution in [1.29, 1.82) is 0 Å². The van der Waals surface area contributed by atoms with Gasteiger partial charge in [-0.15, -0.1) is 22.7 Å². The summed E-state index contributed by atoms with van der Waals surface area (Å²) in [5.74, 6) is 0.478. The van der Waals surface area contributed by atoms with Crippen molar-refractivity contribution in [2.75, 3.05) is 0 Å². The van der Waals surface area contributed by atoms with Crippen LogP contribution in [0.15, 0.2) is 35.8 Å². The summed E-state index contributed by atoms with van der Waals surface area (Å²) in [6.45, 7) is 5.81. The number of benzene rings is 1. The van der Waals surface area contributed by atoms with E-state index in [0.29, 0.717) is 17.2 Å². The normalized spacial score (nSPS) is 11.1. The van der Waals surface area contributed by atoms with E-state index in [2.05, 4.69) is 23.8 Å². The molecule has 0 atom stereocenters. The predicted molar refractivity (Wildman–Crippen MR) is 106 cm³/mol. The minimum Gasteiger partial charge on any atom is -0.295 e. The SMILES string of the molecule is CC(=O)c1ccc(CC(=O)c2nc(-c3nccs3)sc2CC(C)C)cc1. The van der Waals surface area contributed by atoms with Crippen LogP contribution < -0.4 is 0 Å². The van der Waals surface area contributed by atoms with E-state index < -0.39 is 0 Å². The van der Waals surface area contributed by atoms with E-state index in [-0.39, 0.29) is 18.0 Å². The smallest absolute Gasteiger partial charge is 0.186 e. The zero-order chi connectivity index (χ0) is 18.7. The summed E-state index contributed by atoms with van der Waals surface area (Å²) in [5, 5.41) is 3.58. The number of carbonyl (C=O) groups is 2. The third-order valence-electron chi connectivity index (χ3n) is 3.90. The minimum atomic E-state index is 0.00952. The van der Waals surface area contributed by atoms with Gasteiger partial charge in [0.1, 0.15) is 5.69 Å². The average molecular weight is 385 g/mol. The van der Waals surface area contributed by atoms with Gasteiger partial charge in [-0.25, -0.2) is 9.97 Å².